The summed E-state index contributed by atoms with van der Waals surface area (Å²) in [6, 6.07) is 0. The zero-order valence-corrected chi connectivity index (χ0v) is 6.42. The summed E-state index contributed by atoms with van der Waals surface area (Å²) >= 11 is 0. The molecule has 1 heteroatoms. The Morgan fingerprint density at radius 1 is 1.00 bits per heavy atom. The maximum Gasteiger partial charge on any atom is 0.0568 e. The first-order chi connectivity index (χ1) is 4.86. The molecule has 2 bridgehead atoms. The van der Waals surface area contributed by atoms with E-state index in [1.165, 1.54) is 32.1 Å². The monoisotopic (exact) mass is 140 g/mol. The minimum Gasteiger partial charge on any atom is -0.393 e. The van der Waals surface area contributed by atoms with Crippen LogP contribution >= 0.6 is 0 Å². The molecule has 2 fully saturated rings. The zero-order valence-electron chi connectivity index (χ0n) is 6.42. The Labute approximate surface area is 62.4 Å². The maximum atomic E-state index is 9.52. The number of hydrogen-bond acceptors (Lipinski definition) is 1. The molecule has 3 unspecified atom stereocenters. The van der Waals surface area contributed by atoms with Crippen LogP contribution in [-0.2, 0) is 0 Å². The Balaban J connectivity index is 2.00. The van der Waals surface area contributed by atoms with Crippen LogP contribution in [0.25, 0.3) is 0 Å². The highest BCUT2D eigenvalue weighted by atomic mass is 16.3. The van der Waals surface area contributed by atoms with Gasteiger partial charge in [0.15, 0.2) is 0 Å². The summed E-state index contributed by atoms with van der Waals surface area (Å²) in [6.45, 7) is 0. The minimum absolute atomic E-state index is 0.0524. The van der Waals surface area contributed by atoms with E-state index >= 15 is 0 Å². The standard InChI is InChI=1S/C9H16O/c10-9-5-4-7-2-1-3-8(9)6-7/h7-10H,1-6H2. The van der Waals surface area contributed by atoms with Gasteiger partial charge in [0.2, 0.25) is 0 Å². The predicted molar refractivity (Wildman–Crippen MR) is 40.7 cm³/mol. The molecule has 0 aliphatic heterocycles. The molecular weight excluding hydrogens is 124 g/mol. The van der Waals surface area contributed by atoms with Gasteiger partial charge in [0.25, 0.3) is 0 Å². The van der Waals surface area contributed by atoms with Gasteiger partial charge in [-0.3, -0.25) is 0 Å². The Hall–Kier alpha value is -0.0400. The highest BCUT2D eigenvalue weighted by Gasteiger charge is 2.31. The lowest BCUT2D eigenvalue weighted by atomic mass is 9.71. The summed E-state index contributed by atoms with van der Waals surface area (Å²) < 4.78 is 0. The first-order valence-electron chi connectivity index (χ1n) is 4.54. The van der Waals surface area contributed by atoms with E-state index in [1.807, 2.05) is 0 Å². The largest absolute Gasteiger partial charge is 0.393 e. The van der Waals surface area contributed by atoms with Crippen LogP contribution in [0.15, 0.2) is 0 Å². The SMILES string of the molecule is OC1CCC2CCCC1C2. The third-order valence-electron chi connectivity index (χ3n) is 3.24. The molecule has 0 heterocycles. The molecule has 1 nitrogen and oxygen atoms in total. The Kier molecular flexibility index (Phi) is 1.69. The third-order valence-corrected chi connectivity index (χ3v) is 3.24. The van der Waals surface area contributed by atoms with E-state index in [-0.39, 0.29) is 6.10 Å². The highest BCUT2D eigenvalue weighted by molar-refractivity contribution is 4.83. The molecule has 0 spiro atoms. The fourth-order valence-electron chi connectivity index (χ4n) is 2.59. The summed E-state index contributed by atoms with van der Waals surface area (Å²) in [7, 11) is 0. The van der Waals surface area contributed by atoms with Crippen LogP contribution in [0, 0.1) is 11.8 Å². The molecule has 0 aromatic rings. The topological polar surface area (TPSA) is 20.2 Å². The molecule has 2 aliphatic rings. The number of aliphatic hydroxyl groups excluding tert-OH is 1. The van der Waals surface area contributed by atoms with Crippen molar-refractivity contribution in [2.24, 2.45) is 11.8 Å². The van der Waals surface area contributed by atoms with Crippen molar-refractivity contribution in [1.29, 1.82) is 0 Å². The summed E-state index contributed by atoms with van der Waals surface area (Å²) in [5.74, 6) is 1.65. The van der Waals surface area contributed by atoms with Gasteiger partial charge < -0.3 is 5.11 Å². The van der Waals surface area contributed by atoms with Crippen molar-refractivity contribution in [2.45, 2.75) is 44.6 Å². The molecule has 58 valence electrons. The minimum atomic E-state index is 0.0524. The lowest BCUT2D eigenvalue weighted by Gasteiger charge is -2.37. The summed E-state index contributed by atoms with van der Waals surface area (Å²) in [5.41, 5.74) is 0. The van der Waals surface area contributed by atoms with E-state index in [4.69, 9.17) is 0 Å². The highest BCUT2D eigenvalue weighted by Crippen LogP contribution is 2.39. The lowest BCUT2D eigenvalue weighted by molar-refractivity contribution is 0.0224. The van der Waals surface area contributed by atoms with E-state index in [0.29, 0.717) is 5.92 Å². The molecule has 2 saturated carbocycles. The lowest BCUT2D eigenvalue weighted by Crippen LogP contribution is -2.32. The fraction of sp³-hybridized carbons (Fsp3) is 1.00. The van der Waals surface area contributed by atoms with Crippen molar-refractivity contribution < 1.29 is 5.11 Å². The molecule has 0 aromatic heterocycles. The van der Waals surface area contributed by atoms with E-state index in [0.717, 1.165) is 12.3 Å². The molecule has 2 aliphatic carbocycles. The predicted octanol–water partition coefficient (Wildman–Crippen LogP) is 1.95. The zero-order chi connectivity index (χ0) is 6.97. The molecule has 0 radical (unpaired) electrons. The van der Waals surface area contributed by atoms with Crippen LogP contribution in [0.4, 0.5) is 0 Å². The molecule has 1 N–H and O–H groups in total. The number of rotatable bonds is 0. The Morgan fingerprint density at radius 2 is 1.90 bits per heavy atom. The molecule has 0 saturated heterocycles. The van der Waals surface area contributed by atoms with Gasteiger partial charge in [0, 0.05) is 0 Å². The normalized spacial score (nSPS) is 47.1. The van der Waals surface area contributed by atoms with Gasteiger partial charge in [-0.05, 0) is 37.5 Å². The Morgan fingerprint density at radius 3 is 2.70 bits per heavy atom. The van der Waals surface area contributed by atoms with Crippen LogP contribution in [-0.4, -0.2) is 11.2 Å². The number of hydrogen-bond donors (Lipinski definition) is 1. The average Bonchev–Trinajstić information content (AvgIpc) is 1.99. The van der Waals surface area contributed by atoms with Crippen molar-refractivity contribution in [3.63, 3.8) is 0 Å². The molecule has 3 atom stereocenters. The molecular formula is C9H16O. The summed E-state index contributed by atoms with van der Waals surface area (Å²) in [4.78, 5) is 0. The number of fused-ring (bicyclic) bond motifs is 2. The van der Waals surface area contributed by atoms with Crippen molar-refractivity contribution in [2.75, 3.05) is 0 Å². The van der Waals surface area contributed by atoms with Gasteiger partial charge in [-0.25, -0.2) is 0 Å². The van der Waals surface area contributed by atoms with Crippen LogP contribution in [0.3, 0.4) is 0 Å². The van der Waals surface area contributed by atoms with Gasteiger partial charge in [-0.1, -0.05) is 12.8 Å². The molecule has 0 amide bonds. The number of aliphatic hydroxyl groups is 1. The van der Waals surface area contributed by atoms with Crippen molar-refractivity contribution in [3.8, 4) is 0 Å². The van der Waals surface area contributed by atoms with Crippen molar-refractivity contribution in [1.82, 2.24) is 0 Å². The van der Waals surface area contributed by atoms with E-state index in [1.54, 1.807) is 0 Å². The first-order valence-corrected chi connectivity index (χ1v) is 4.54. The van der Waals surface area contributed by atoms with E-state index in [9.17, 15) is 5.11 Å². The van der Waals surface area contributed by atoms with Gasteiger partial charge in [-0.2, -0.15) is 0 Å². The third kappa shape index (κ3) is 1.07. The average molecular weight is 140 g/mol. The van der Waals surface area contributed by atoms with Gasteiger partial charge >= 0.3 is 0 Å². The second-order valence-electron chi connectivity index (χ2n) is 3.94. The quantitative estimate of drug-likeness (QED) is 0.545. The van der Waals surface area contributed by atoms with Crippen molar-refractivity contribution in [3.05, 3.63) is 0 Å². The Bertz CT molecular complexity index is 120. The van der Waals surface area contributed by atoms with Crippen LogP contribution in [0.2, 0.25) is 0 Å². The van der Waals surface area contributed by atoms with Gasteiger partial charge in [0.05, 0.1) is 6.10 Å². The van der Waals surface area contributed by atoms with Crippen LogP contribution < -0.4 is 0 Å². The van der Waals surface area contributed by atoms with Crippen LogP contribution in [0.5, 0.6) is 0 Å². The van der Waals surface area contributed by atoms with Crippen LogP contribution in [0.1, 0.15) is 38.5 Å². The van der Waals surface area contributed by atoms with Gasteiger partial charge in [0.1, 0.15) is 0 Å². The van der Waals surface area contributed by atoms with Crippen molar-refractivity contribution >= 4 is 0 Å². The molecule has 10 heavy (non-hydrogen) atoms. The fourth-order valence-corrected chi connectivity index (χ4v) is 2.59. The summed E-state index contributed by atoms with van der Waals surface area (Å²) in [6.07, 6.45) is 7.83. The first kappa shape index (κ1) is 6.66. The van der Waals surface area contributed by atoms with Gasteiger partial charge in [-0.15, -0.1) is 0 Å². The van der Waals surface area contributed by atoms with E-state index in [2.05, 4.69) is 0 Å². The second kappa shape index (κ2) is 2.54. The maximum absolute atomic E-state index is 9.52. The summed E-state index contributed by atoms with van der Waals surface area (Å²) in [5, 5.41) is 9.52. The molecule has 2 rings (SSSR count). The smallest absolute Gasteiger partial charge is 0.0568 e. The molecule has 0 aromatic carbocycles. The second-order valence-corrected chi connectivity index (χ2v) is 3.94. The van der Waals surface area contributed by atoms with E-state index < -0.39 is 0 Å².